The second-order valence-corrected chi connectivity index (χ2v) is 6.70. The molecule has 0 bridgehead atoms. The lowest BCUT2D eigenvalue weighted by Crippen LogP contribution is -2.40. The van der Waals surface area contributed by atoms with E-state index >= 15 is 0 Å². The number of benzene rings is 2. The quantitative estimate of drug-likeness (QED) is 0.779. The molecule has 1 unspecified atom stereocenters. The first-order valence-corrected chi connectivity index (χ1v) is 8.20. The minimum atomic E-state index is -4.84. The second kappa shape index (κ2) is 6.65. The van der Waals surface area contributed by atoms with Crippen LogP contribution < -0.4 is 4.74 Å². The maximum absolute atomic E-state index is 13.1. The Bertz CT molecular complexity index is 850. The number of alkyl halides is 3. The van der Waals surface area contributed by atoms with Crippen molar-refractivity contribution in [2.45, 2.75) is 22.1 Å². The van der Waals surface area contributed by atoms with Gasteiger partial charge in [-0.05, 0) is 30.3 Å². The molecule has 0 radical (unpaired) electrons. The van der Waals surface area contributed by atoms with E-state index < -0.39 is 23.8 Å². The van der Waals surface area contributed by atoms with Gasteiger partial charge in [0.15, 0.2) is 0 Å². The van der Waals surface area contributed by atoms with E-state index in [1.54, 1.807) is 0 Å². The molecule has 0 saturated heterocycles. The molecule has 130 valence electrons. The molecule has 2 aromatic rings. The number of carboxylic acid groups (broad SMARTS) is 1. The molecule has 0 fully saturated rings. The number of rotatable bonds is 3. The number of carbonyl (C=O) groups is 1. The van der Waals surface area contributed by atoms with Crippen molar-refractivity contribution < 1.29 is 27.8 Å². The zero-order chi connectivity index (χ0) is 18.2. The molecule has 3 nitrogen and oxygen atoms in total. The van der Waals surface area contributed by atoms with Crippen LogP contribution in [0.4, 0.5) is 13.2 Å². The van der Waals surface area contributed by atoms with Crippen molar-refractivity contribution in [3.63, 3.8) is 0 Å². The van der Waals surface area contributed by atoms with Crippen molar-refractivity contribution in [3.05, 3.63) is 58.6 Å². The average molecular weight is 387 g/mol. The van der Waals surface area contributed by atoms with Crippen LogP contribution >= 0.6 is 23.4 Å². The fourth-order valence-electron chi connectivity index (χ4n) is 2.31. The molecule has 1 heterocycles. The summed E-state index contributed by atoms with van der Waals surface area (Å²) >= 11 is 7.46. The zero-order valence-corrected chi connectivity index (χ0v) is 14.0. The highest BCUT2D eigenvalue weighted by atomic mass is 35.5. The van der Waals surface area contributed by atoms with E-state index in [2.05, 4.69) is 0 Å². The third-order valence-electron chi connectivity index (χ3n) is 3.42. The van der Waals surface area contributed by atoms with Gasteiger partial charge in [-0.15, -0.1) is 0 Å². The lowest BCUT2D eigenvalue weighted by atomic mass is 10.0. The summed E-state index contributed by atoms with van der Waals surface area (Å²) in [4.78, 5) is 12.5. The van der Waals surface area contributed by atoms with Crippen LogP contribution in [0.1, 0.15) is 5.56 Å². The van der Waals surface area contributed by atoms with Gasteiger partial charge in [-0.25, -0.2) is 4.79 Å². The SMILES string of the molecule is O=C(O)C1=Cc2cc(Cl)c(Sc3ccccc3)cc2OC1C(F)(F)F. The molecule has 0 saturated carbocycles. The van der Waals surface area contributed by atoms with Gasteiger partial charge in [-0.3, -0.25) is 0 Å². The third-order valence-corrected chi connectivity index (χ3v) is 4.91. The highest BCUT2D eigenvalue weighted by molar-refractivity contribution is 7.99. The van der Waals surface area contributed by atoms with Gasteiger partial charge in [0.25, 0.3) is 0 Å². The van der Waals surface area contributed by atoms with Gasteiger partial charge in [-0.1, -0.05) is 41.6 Å². The van der Waals surface area contributed by atoms with E-state index in [1.165, 1.54) is 23.9 Å². The lowest BCUT2D eigenvalue weighted by Gasteiger charge is -2.27. The largest absolute Gasteiger partial charge is 0.478 e. The molecule has 0 aromatic heterocycles. The highest BCUT2D eigenvalue weighted by Crippen LogP contribution is 2.43. The first-order chi connectivity index (χ1) is 11.8. The van der Waals surface area contributed by atoms with Crippen molar-refractivity contribution >= 4 is 35.4 Å². The number of hydrogen-bond donors (Lipinski definition) is 1. The van der Waals surface area contributed by atoms with Crippen LogP contribution in [0.2, 0.25) is 5.02 Å². The first-order valence-electron chi connectivity index (χ1n) is 7.00. The van der Waals surface area contributed by atoms with Crippen molar-refractivity contribution in [2.24, 2.45) is 0 Å². The van der Waals surface area contributed by atoms with Gasteiger partial charge in [-0.2, -0.15) is 13.2 Å². The zero-order valence-electron chi connectivity index (χ0n) is 12.4. The number of fused-ring (bicyclic) bond motifs is 1. The monoisotopic (exact) mass is 386 g/mol. The Morgan fingerprint density at radius 2 is 1.88 bits per heavy atom. The Kier molecular flexibility index (Phi) is 4.71. The lowest BCUT2D eigenvalue weighted by molar-refractivity contribution is -0.187. The molecule has 25 heavy (non-hydrogen) atoms. The minimum Gasteiger partial charge on any atom is -0.478 e. The predicted octanol–water partition coefficient (Wildman–Crippen LogP) is 5.28. The Morgan fingerprint density at radius 3 is 2.48 bits per heavy atom. The molecule has 2 aromatic carbocycles. The van der Waals surface area contributed by atoms with Gasteiger partial charge in [0.2, 0.25) is 6.10 Å². The number of halogens is 4. The Hall–Kier alpha value is -2.12. The van der Waals surface area contributed by atoms with Crippen molar-refractivity contribution in [1.29, 1.82) is 0 Å². The van der Waals surface area contributed by atoms with E-state index in [9.17, 15) is 18.0 Å². The van der Waals surface area contributed by atoms with Gasteiger partial charge < -0.3 is 9.84 Å². The van der Waals surface area contributed by atoms with Crippen LogP contribution in [0.15, 0.2) is 57.8 Å². The molecule has 8 heteroatoms. The maximum atomic E-state index is 13.1. The summed E-state index contributed by atoms with van der Waals surface area (Å²) in [6, 6.07) is 12.0. The van der Waals surface area contributed by atoms with Crippen LogP contribution in [-0.2, 0) is 4.79 Å². The topological polar surface area (TPSA) is 46.5 Å². The molecule has 0 aliphatic carbocycles. The third kappa shape index (κ3) is 3.77. The number of aliphatic carboxylic acids is 1. The van der Waals surface area contributed by atoms with Crippen molar-refractivity contribution in [1.82, 2.24) is 0 Å². The fraction of sp³-hybridized carbons (Fsp3) is 0.118. The normalized spacial score (nSPS) is 16.6. The maximum Gasteiger partial charge on any atom is 0.430 e. The Balaban J connectivity index is 2.02. The molecule has 1 atom stereocenters. The molecule has 0 amide bonds. The molecular formula is C17H10ClF3O3S. The summed E-state index contributed by atoms with van der Waals surface area (Å²) < 4.78 is 44.3. The molecule has 3 rings (SSSR count). The Morgan fingerprint density at radius 1 is 1.20 bits per heavy atom. The summed E-state index contributed by atoms with van der Waals surface area (Å²) in [5.41, 5.74) is -0.681. The van der Waals surface area contributed by atoms with Crippen LogP contribution in [0.5, 0.6) is 5.75 Å². The van der Waals surface area contributed by atoms with E-state index in [0.717, 1.165) is 11.0 Å². The van der Waals surface area contributed by atoms with E-state index in [-0.39, 0.29) is 11.3 Å². The molecule has 1 N–H and O–H groups in total. The summed E-state index contributed by atoms with van der Waals surface area (Å²) in [7, 11) is 0. The summed E-state index contributed by atoms with van der Waals surface area (Å²) in [6.45, 7) is 0. The predicted molar refractivity (Wildman–Crippen MR) is 88.1 cm³/mol. The highest BCUT2D eigenvalue weighted by Gasteiger charge is 2.48. The number of carboxylic acids is 1. The van der Waals surface area contributed by atoms with Crippen molar-refractivity contribution in [3.8, 4) is 5.75 Å². The molecular weight excluding hydrogens is 377 g/mol. The number of ether oxygens (including phenoxy) is 1. The first kappa shape index (κ1) is 17.7. The van der Waals surface area contributed by atoms with E-state index in [1.807, 2.05) is 30.3 Å². The smallest absolute Gasteiger partial charge is 0.430 e. The van der Waals surface area contributed by atoms with Gasteiger partial charge in [0.05, 0.1) is 10.6 Å². The van der Waals surface area contributed by atoms with Gasteiger partial charge >= 0.3 is 12.1 Å². The number of hydrogen-bond acceptors (Lipinski definition) is 3. The van der Waals surface area contributed by atoms with Gasteiger partial charge in [0.1, 0.15) is 5.75 Å². The van der Waals surface area contributed by atoms with Gasteiger partial charge in [0, 0.05) is 15.4 Å². The average Bonchev–Trinajstić information content (AvgIpc) is 2.54. The van der Waals surface area contributed by atoms with Crippen LogP contribution in [-0.4, -0.2) is 23.4 Å². The summed E-state index contributed by atoms with van der Waals surface area (Å²) in [5.74, 6) is -1.75. The standard InChI is InChI=1S/C17H10ClF3O3S/c18-12-7-9-6-11(16(22)23)15(17(19,20)21)24-13(9)8-14(12)25-10-4-2-1-3-5-10/h1-8,15H,(H,22,23). The Labute approximate surface area is 150 Å². The summed E-state index contributed by atoms with van der Waals surface area (Å²) in [5, 5.41) is 9.33. The molecule has 1 aliphatic heterocycles. The fourth-order valence-corrected chi connectivity index (χ4v) is 3.47. The van der Waals surface area contributed by atoms with Crippen molar-refractivity contribution in [2.75, 3.05) is 0 Å². The van der Waals surface area contributed by atoms with E-state index in [4.69, 9.17) is 21.4 Å². The van der Waals surface area contributed by atoms with Crippen LogP contribution in [0.25, 0.3) is 6.08 Å². The molecule has 0 spiro atoms. The second-order valence-electron chi connectivity index (χ2n) is 5.18. The summed E-state index contributed by atoms with van der Waals surface area (Å²) in [6.07, 6.45) is -6.41. The molecule has 1 aliphatic rings. The van der Waals surface area contributed by atoms with Crippen LogP contribution in [0.3, 0.4) is 0 Å². The minimum absolute atomic E-state index is 0.0600. The van der Waals surface area contributed by atoms with E-state index in [0.29, 0.717) is 9.92 Å². The van der Waals surface area contributed by atoms with Crippen LogP contribution in [0, 0.1) is 0 Å².